The van der Waals surface area contributed by atoms with Gasteiger partial charge in [0.1, 0.15) is 0 Å². The zero-order valence-corrected chi connectivity index (χ0v) is 10.5. The lowest BCUT2D eigenvalue weighted by atomic mass is 9.77. The van der Waals surface area contributed by atoms with Crippen LogP contribution in [0, 0.1) is 13.8 Å². The van der Waals surface area contributed by atoms with Crippen molar-refractivity contribution in [1.29, 1.82) is 0 Å². The molecule has 0 radical (unpaired) electrons. The largest absolute Gasteiger partial charge is 0.394 e. The Bertz CT molecular complexity index is 402. The van der Waals surface area contributed by atoms with Gasteiger partial charge in [-0.05, 0) is 39.2 Å². The number of aryl methyl sites for hydroxylation is 2. The first kappa shape index (κ1) is 11.6. The Morgan fingerprint density at radius 3 is 2.62 bits per heavy atom. The van der Waals surface area contributed by atoms with Crippen molar-refractivity contribution in [1.82, 2.24) is 5.32 Å². The summed E-state index contributed by atoms with van der Waals surface area (Å²) in [6.07, 6.45) is 2.86. The monoisotopic (exact) mass is 239 g/mol. The molecule has 1 saturated carbocycles. The van der Waals surface area contributed by atoms with Crippen LogP contribution in [0.2, 0.25) is 0 Å². The fraction of sp³-hybridized carbons (Fsp3) is 0.583. The van der Waals surface area contributed by atoms with E-state index in [-0.39, 0.29) is 18.1 Å². The smallest absolute Gasteiger partial charge is 0.252 e. The summed E-state index contributed by atoms with van der Waals surface area (Å²) in [5.74, 6) is -0.0457. The average Bonchev–Trinajstić information content (AvgIpc) is 2.51. The predicted octanol–water partition coefficient (Wildman–Crippen LogP) is 2.01. The minimum atomic E-state index is -0.348. The quantitative estimate of drug-likeness (QED) is 0.847. The summed E-state index contributed by atoms with van der Waals surface area (Å²) in [6.45, 7) is 4.00. The lowest BCUT2D eigenvalue weighted by Gasteiger charge is -2.40. The van der Waals surface area contributed by atoms with Gasteiger partial charge in [0.15, 0.2) is 0 Å². The van der Waals surface area contributed by atoms with E-state index in [4.69, 9.17) is 0 Å². The molecule has 0 aromatic carbocycles. The molecule has 0 aliphatic heterocycles. The third-order valence-electron chi connectivity index (χ3n) is 3.28. The summed E-state index contributed by atoms with van der Waals surface area (Å²) in [5.41, 5.74) is 0.404. The third kappa shape index (κ3) is 1.99. The Balaban J connectivity index is 2.11. The van der Waals surface area contributed by atoms with Gasteiger partial charge in [-0.25, -0.2) is 0 Å². The van der Waals surface area contributed by atoms with E-state index in [0.29, 0.717) is 0 Å². The summed E-state index contributed by atoms with van der Waals surface area (Å²) in [6, 6.07) is 1.92. The van der Waals surface area contributed by atoms with Crippen LogP contribution in [0.15, 0.2) is 6.07 Å². The molecule has 0 saturated heterocycles. The van der Waals surface area contributed by atoms with E-state index in [1.165, 1.54) is 0 Å². The molecule has 0 bridgehead atoms. The normalized spacial score (nSPS) is 17.9. The van der Waals surface area contributed by atoms with Crippen molar-refractivity contribution < 1.29 is 9.90 Å². The number of thiophene rings is 1. The fourth-order valence-electron chi connectivity index (χ4n) is 2.09. The van der Waals surface area contributed by atoms with Crippen molar-refractivity contribution in [3.63, 3.8) is 0 Å². The third-order valence-corrected chi connectivity index (χ3v) is 4.24. The highest BCUT2D eigenvalue weighted by molar-refractivity contribution is 7.12. The Morgan fingerprint density at radius 1 is 1.56 bits per heavy atom. The number of hydrogen-bond donors (Lipinski definition) is 2. The Labute approximate surface area is 99.5 Å². The van der Waals surface area contributed by atoms with E-state index in [1.807, 2.05) is 19.9 Å². The highest BCUT2D eigenvalue weighted by Crippen LogP contribution is 2.32. The molecule has 2 rings (SSSR count). The van der Waals surface area contributed by atoms with E-state index in [0.717, 1.165) is 34.6 Å². The molecular weight excluding hydrogens is 222 g/mol. The van der Waals surface area contributed by atoms with Crippen molar-refractivity contribution in [3.05, 3.63) is 21.4 Å². The van der Waals surface area contributed by atoms with Crippen LogP contribution in [0.5, 0.6) is 0 Å². The first-order valence-corrected chi connectivity index (χ1v) is 6.38. The number of carbonyl (C=O) groups is 1. The van der Waals surface area contributed by atoms with Gasteiger partial charge in [0, 0.05) is 9.75 Å². The van der Waals surface area contributed by atoms with Crippen LogP contribution in [0.3, 0.4) is 0 Å². The molecule has 0 spiro atoms. The maximum atomic E-state index is 12.0. The summed E-state index contributed by atoms with van der Waals surface area (Å²) >= 11 is 1.63. The summed E-state index contributed by atoms with van der Waals surface area (Å²) in [5, 5.41) is 12.3. The van der Waals surface area contributed by atoms with Crippen molar-refractivity contribution >= 4 is 17.2 Å². The summed E-state index contributed by atoms with van der Waals surface area (Å²) in [7, 11) is 0. The van der Waals surface area contributed by atoms with Crippen LogP contribution in [-0.4, -0.2) is 23.2 Å². The van der Waals surface area contributed by atoms with Gasteiger partial charge in [0.25, 0.3) is 5.91 Å². The molecule has 2 N–H and O–H groups in total. The van der Waals surface area contributed by atoms with Crippen molar-refractivity contribution in [2.75, 3.05) is 6.61 Å². The molecule has 3 nitrogen and oxygen atoms in total. The van der Waals surface area contributed by atoms with Crippen LogP contribution >= 0.6 is 11.3 Å². The molecule has 1 aromatic heterocycles. The second kappa shape index (κ2) is 4.18. The topological polar surface area (TPSA) is 49.3 Å². The second-order valence-electron chi connectivity index (χ2n) is 4.57. The zero-order chi connectivity index (χ0) is 11.8. The average molecular weight is 239 g/mol. The summed E-state index contributed by atoms with van der Waals surface area (Å²) in [4.78, 5) is 14.2. The molecule has 1 aliphatic rings. The molecule has 16 heavy (non-hydrogen) atoms. The van der Waals surface area contributed by atoms with Gasteiger partial charge in [-0.1, -0.05) is 0 Å². The highest BCUT2D eigenvalue weighted by Gasteiger charge is 2.38. The Kier molecular flexibility index (Phi) is 3.04. The molecule has 1 amide bonds. The highest BCUT2D eigenvalue weighted by atomic mass is 32.1. The first-order chi connectivity index (χ1) is 7.56. The van der Waals surface area contributed by atoms with Gasteiger partial charge in [-0.3, -0.25) is 4.79 Å². The minimum absolute atomic E-state index is 0.0426. The fourth-order valence-corrected chi connectivity index (χ4v) is 3.01. The number of rotatable bonds is 3. The molecule has 4 heteroatoms. The minimum Gasteiger partial charge on any atom is -0.394 e. The maximum Gasteiger partial charge on any atom is 0.252 e. The molecule has 1 fully saturated rings. The van der Waals surface area contributed by atoms with Gasteiger partial charge < -0.3 is 10.4 Å². The van der Waals surface area contributed by atoms with Gasteiger partial charge in [0.2, 0.25) is 0 Å². The zero-order valence-electron chi connectivity index (χ0n) is 9.67. The van der Waals surface area contributed by atoms with E-state index < -0.39 is 0 Å². The van der Waals surface area contributed by atoms with E-state index in [2.05, 4.69) is 5.32 Å². The number of aliphatic hydroxyl groups excluding tert-OH is 1. The van der Waals surface area contributed by atoms with Gasteiger partial charge in [-0.15, -0.1) is 11.3 Å². The molecule has 88 valence electrons. The van der Waals surface area contributed by atoms with Crippen LogP contribution < -0.4 is 5.32 Å². The van der Waals surface area contributed by atoms with Crippen molar-refractivity contribution in [2.24, 2.45) is 0 Å². The predicted molar refractivity (Wildman–Crippen MR) is 64.9 cm³/mol. The van der Waals surface area contributed by atoms with Gasteiger partial charge in [0.05, 0.1) is 17.7 Å². The molecule has 1 heterocycles. The number of carbonyl (C=O) groups excluding carboxylic acids is 1. The number of hydrogen-bond acceptors (Lipinski definition) is 3. The van der Waals surface area contributed by atoms with Crippen LogP contribution in [0.4, 0.5) is 0 Å². The molecular formula is C12H17NO2S. The molecule has 0 unspecified atom stereocenters. The van der Waals surface area contributed by atoms with E-state index in [1.54, 1.807) is 11.3 Å². The Hall–Kier alpha value is -0.870. The summed E-state index contributed by atoms with van der Waals surface area (Å²) < 4.78 is 0. The standard InChI is InChI=1S/C12H17NO2S/c1-8-6-10(9(2)16-8)11(15)13-12(7-14)4-3-5-12/h6,14H,3-5,7H2,1-2H3,(H,13,15). The second-order valence-corrected chi connectivity index (χ2v) is 6.03. The van der Waals surface area contributed by atoms with E-state index in [9.17, 15) is 9.90 Å². The van der Waals surface area contributed by atoms with Gasteiger partial charge >= 0.3 is 0 Å². The lowest BCUT2D eigenvalue weighted by Crippen LogP contribution is -2.56. The number of amides is 1. The van der Waals surface area contributed by atoms with Crippen LogP contribution in [0.1, 0.15) is 39.4 Å². The van der Waals surface area contributed by atoms with Crippen LogP contribution in [-0.2, 0) is 0 Å². The van der Waals surface area contributed by atoms with Crippen molar-refractivity contribution in [3.8, 4) is 0 Å². The molecule has 1 aliphatic carbocycles. The molecule has 1 aromatic rings. The first-order valence-electron chi connectivity index (χ1n) is 5.57. The van der Waals surface area contributed by atoms with Crippen molar-refractivity contribution in [2.45, 2.75) is 38.6 Å². The molecule has 0 atom stereocenters. The number of aliphatic hydroxyl groups is 1. The van der Waals surface area contributed by atoms with E-state index >= 15 is 0 Å². The number of nitrogens with one attached hydrogen (secondary N) is 1. The SMILES string of the molecule is Cc1cc(C(=O)NC2(CO)CCC2)c(C)s1. The Morgan fingerprint density at radius 2 is 2.25 bits per heavy atom. The maximum absolute atomic E-state index is 12.0. The van der Waals surface area contributed by atoms with Crippen LogP contribution in [0.25, 0.3) is 0 Å². The van der Waals surface area contributed by atoms with Gasteiger partial charge in [-0.2, -0.15) is 0 Å². The lowest BCUT2D eigenvalue weighted by molar-refractivity contribution is 0.0641.